The van der Waals surface area contributed by atoms with E-state index in [1.165, 1.54) is 82.7 Å². The van der Waals surface area contributed by atoms with Gasteiger partial charge in [0.2, 0.25) is 0 Å². The molecule has 0 saturated heterocycles. The Labute approximate surface area is 293 Å². The van der Waals surface area contributed by atoms with E-state index in [9.17, 15) is 0 Å². The van der Waals surface area contributed by atoms with E-state index in [-0.39, 0.29) is 0 Å². The molecule has 0 radical (unpaired) electrons. The monoisotopic (exact) mass is 642 g/mol. The molecule has 0 amide bonds. The predicted octanol–water partition coefficient (Wildman–Crippen LogP) is 11.3. The van der Waals surface area contributed by atoms with Gasteiger partial charge in [0.05, 0.1) is 16.7 Å². The molecule has 0 fully saturated rings. The standard InChI is InChI=1S/C48H38N2/c1-3-14-45-41(4-2)42-20-13-22-47(42)49(45)39-26-23-35(24-27-39)36-25-28-48-44(32-36)43-19-11-12-21-46(43)50(48)40-30-37(33-15-7-5-8-16-33)29-38(31-40)34-17-9-6-10-18-34/h3-12,14-23,25-26,28-32H,2,13,24,27H2,1H3/b14-3-. The third-order valence-electron chi connectivity index (χ3n) is 10.3. The molecule has 0 unspecified atom stereocenters. The molecule has 50 heavy (non-hydrogen) atoms. The van der Waals surface area contributed by atoms with Crippen molar-refractivity contribution in [3.05, 3.63) is 174 Å². The van der Waals surface area contributed by atoms with Gasteiger partial charge in [0, 0.05) is 38.3 Å². The third-order valence-corrected chi connectivity index (χ3v) is 10.3. The number of hydrogen-bond acceptors (Lipinski definition) is 0. The van der Waals surface area contributed by atoms with Crippen molar-refractivity contribution in [1.82, 2.24) is 9.13 Å². The zero-order chi connectivity index (χ0) is 33.6. The van der Waals surface area contributed by atoms with E-state index in [2.05, 4.69) is 180 Å². The van der Waals surface area contributed by atoms with Gasteiger partial charge in [0.25, 0.3) is 0 Å². The molecule has 0 atom stereocenters. The van der Waals surface area contributed by atoms with Gasteiger partial charge in [-0.3, -0.25) is 0 Å². The fraction of sp³-hybridized carbons (Fsp3) is 0.0833. The van der Waals surface area contributed by atoms with Gasteiger partial charge in [-0.05, 0) is 108 Å². The molecule has 9 rings (SSSR count). The molecule has 0 aliphatic heterocycles. The van der Waals surface area contributed by atoms with Crippen molar-refractivity contribution < 1.29 is 0 Å². The first kappa shape index (κ1) is 30.0. The van der Waals surface area contributed by atoms with Crippen LogP contribution in [0.4, 0.5) is 0 Å². The molecular formula is C48H38N2. The number of rotatable bonds is 7. The van der Waals surface area contributed by atoms with Gasteiger partial charge in [-0.2, -0.15) is 0 Å². The zero-order valence-corrected chi connectivity index (χ0v) is 28.3. The fourth-order valence-electron chi connectivity index (χ4n) is 8.04. The van der Waals surface area contributed by atoms with Crippen LogP contribution >= 0.6 is 0 Å². The number of benzene rings is 5. The topological polar surface area (TPSA) is 9.86 Å². The normalized spacial score (nSPS) is 14.0. The van der Waals surface area contributed by atoms with Gasteiger partial charge < -0.3 is 9.13 Å². The van der Waals surface area contributed by atoms with E-state index in [0.717, 1.165) is 24.9 Å². The summed E-state index contributed by atoms with van der Waals surface area (Å²) in [5.74, 6) is 0. The van der Waals surface area contributed by atoms with Gasteiger partial charge in [0.1, 0.15) is 0 Å². The first-order valence-corrected chi connectivity index (χ1v) is 17.6. The molecule has 2 nitrogen and oxygen atoms in total. The van der Waals surface area contributed by atoms with Crippen LogP contribution in [0.5, 0.6) is 0 Å². The minimum Gasteiger partial charge on any atom is -0.313 e. The van der Waals surface area contributed by atoms with E-state index >= 15 is 0 Å². The Bertz CT molecular complexity index is 2620. The number of nitrogens with zero attached hydrogens (tertiary/aromatic N) is 2. The Morgan fingerprint density at radius 1 is 0.600 bits per heavy atom. The molecule has 2 aliphatic rings. The summed E-state index contributed by atoms with van der Waals surface area (Å²) in [7, 11) is 0. The van der Waals surface area contributed by atoms with Gasteiger partial charge in [-0.25, -0.2) is 0 Å². The Hall–Kier alpha value is -6.12. The summed E-state index contributed by atoms with van der Waals surface area (Å²) >= 11 is 0. The summed E-state index contributed by atoms with van der Waals surface area (Å²) in [6.45, 7) is 6.24. The molecule has 0 saturated carbocycles. The molecule has 2 aliphatic carbocycles. The summed E-state index contributed by atoms with van der Waals surface area (Å²) in [4.78, 5) is 0. The maximum atomic E-state index is 4.15. The molecule has 2 heterocycles. The zero-order valence-electron chi connectivity index (χ0n) is 28.3. The molecule has 240 valence electrons. The van der Waals surface area contributed by atoms with Gasteiger partial charge in [-0.1, -0.05) is 122 Å². The summed E-state index contributed by atoms with van der Waals surface area (Å²) in [6.07, 6.45) is 18.7. The average Bonchev–Trinajstić information content (AvgIpc) is 3.86. The second-order valence-corrected chi connectivity index (χ2v) is 13.2. The second-order valence-electron chi connectivity index (χ2n) is 13.2. The lowest BCUT2D eigenvalue weighted by molar-refractivity contribution is 0.927. The summed E-state index contributed by atoms with van der Waals surface area (Å²) in [5.41, 5.74) is 14.9. The van der Waals surface area contributed by atoms with Crippen molar-refractivity contribution >= 4 is 57.4 Å². The van der Waals surface area contributed by atoms with Crippen molar-refractivity contribution in [2.24, 2.45) is 0 Å². The van der Waals surface area contributed by atoms with E-state index < -0.39 is 0 Å². The Morgan fingerprint density at radius 3 is 1.98 bits per heavy atom. The first-order valence-electron chi connectivity index (χ1n) is 17.6. The van der Waals surface area contributed by atoms with Crippen LogP contribution in [0.3, 0.4) is 0 Å². The summed E-state index contributed by atoms with van der Waals surface area (Å²) < 4.78 is 4.90. The fourth-order valence-corrected chi connectivity index (χ4v) is 8.04. The molecule has 0 spiro atoms. The molecule has 7 aromatic rings. The van der Waals surface area contributed by atoms with Crippen molar-refractivity contribution in [3.8, 4) is 27.9 Å². The van der Waals surface area contributed by atoms with Crippen molar-refractivity contribution in [2.75, 3.05) is 0 Å². The highest BCUT2D eigenvalue weighted by Crippen LogP contribution is 2.38. The Balaban J connectivity index is 1.18. The number of aromatic nitrogens is 2. The van der Waals surface area contributed by atoms with E-state index in [1.807, 2.05) is 6.08 Å². The van der Waals surface area contributed by atoms with Crippen molar-refractivity contribution in [1.29, 1.82) is 0 Å². The maximum Gasteiger partial charge on any atom is 0.0541 e. The molecule has 5 aromatic carbocycles. The van der Waals surface area contributed by atoms with Crippen molar-refractivity contribution in [2.45, 2.75) is 26.2 Å². The Morgan fingerprint density at radius 2 is 1.30 bits per heavy atom. The summed E-state index contributed by atoms with van der Waals surface area (Å²) in [5, 5.41) is 5.17. The third kappa shape index (κ3) is 4.95. The van der Waals surface area contributed by atoms with Crippen LogP contribution < -0.4 is 10.6 Å². The van der Waals surface area contributed by atoms with Crippen LogP contribution in [0.15, 0.2) is 146 Å². The smallest absolute Gasteiger partial charge is 0.0541 e. The number of hydrogen-bond donors (Lipinski definition) is 0. The number of fused-ring (bicyclic) bond motifs is 4. The molecular weight excluding hydrogens is 605 g/mol. The van der Waals surface area contributed by atoms with Crippen LogP contribution in [0.25, 0.3) is 85.3 Å². The van der Waals surface area contributed by atoms with Crippen LogP contribution in [-0.4, -0.2) is 9.13 Å². The van der Waals surface area contributed by atoms with Gasteiger partial charge in [-0.15, -0.1) is 0 Å². The lowest BCUT2D eigenvalue weighted by Gasteiger charge is -2.19. The van der Waals surface area contributed by atoms with E-state index in [4.69, 9.17) is 0 Å². The lowest BCUT2D eigenvalue weighted by atomic mass is 9.94. The highest BCUT2D eigenvalue weighted by Gasteiger charge is 2.20. The second kappa shape index (κ2) is 12.4. The van der Waals surface area contributed by atoms with Crippen LogP contribution in [-0.2, 0) is 0 Å². The van der Waals surface area contributed by atoms with Gasteiger partial charge in [0.15, 0.2) is 0 Å². The van der Waals surface area contributed by atoms with Crippen molar-refractivity contribution in [3.63, 3.8) is 0 Å². The Kier molecular flexibility index (Phi) is 7.43. The number of allylic oxidation sites excluding steroid dienone is 5. The maximum absolute atomic E-state index is 4.15. The molecule has 2 heteroatoms. The minimum absolute atomic E-state index is 0.980. The average molecular weight is 643 g/mol. The largest absolute Gasteiger partial charge is 0.313 e. The highest BCUT2D eigenvalue weighted by molar-refractivity contribution is 6.10. The molecule has 2 aromatic heterocycles. The van der Waals surface area contributed by atoms with Gasteiger partial charge >= 0.3 is 0 Å². The number of para-hydroxylation sites is 1. The first-order chi connectivity index (χ1) is 24.7. The SMILES string of the molecule is C=Cc1c(/C=C\C)n(C2=CC=C(c3ccc4c(c3)c3ccccc3n4-c3cc(-c4ccccc4)cc(-c4ccccc4)c3)CC2)c2c1=CCC=2. The van der Waals surface area contributed by atoms with E-state index in [0.29, 0.717) is 0 Å². The minimum atomic E-state index is 0.980. The molecule has 0 bridgehead atoms. The van der Waals surface area contributed by atoms with E-state index in [1.54, 1.807) is 0 Å². The predicted molar refractivity (Wildman–Crippen MR) is 215 cm³/mol. The highest BCUT2D eigenvalue weighted by atomic mass is 15.0. The quantitative estimate of drug-likeness (QED) is 0.164. The van der Waals surface area contributed by atoms with Crippen LogP contribution in [0.2, 0.25) is 0 Å². The lowest BCUT2D eigenvalue weighted by Crippen LogP contribution is -2.27. The van der Waals surface area contributed by atoms with Crippen LogP contribution in [0.1, 0.15) is 43.0 Å². The summed E-state index contributed by atoms with van der Waals surface area (Å²) in [6, 6.07) is 44.3. The molecule has 0 N–H and O–H groups in total. The van der Waals surface area contributed by atoms with Crippen LogP contribution in [0, 0.1) is 0 Å².